The van der Waals surface area contributed by atoms with Crippen LogP contribution in [0.5, 0.6) is 0 Å². The summed E-state index contributed by atoms with van der Waals surface area (Å²) in [5, 5.41) is 13.5. The summed E-state index contributed by atoms with van der Waals surface area (Å²) in [7, 11) is 1.19. The summed E-state index contributed by atoms with van der Waals surface area (Å²) in [4.78, 5) is 21.6. The number of nitrogens with zero attached hydrogens (tertiary/aromatic N) is 1. The van der Waals surface area contributed by atoms with Crippen LogP contribution in [0.15, 0.2) is 18.2 Å². The van der Waals surface area contributed by atoms with Gasteiger partial charge in [0.1, 0.15) is 12.3 Å². The fourth-order valence-electron chi connectivity index (χ4n) is 1.51. The van der Waals surface area contributed by atoms with Crippen LogP contribution in [0.4, 0.5) is 20.2 Å². The van der Waals surface area contributed by atoms with Gasteiger partial charge in [-0.3, -0.25) is 10.1 Å². The predicted molar refractivity (Wildman–Crippen MR) is 69.7 cm³/mol. The van der Waals surface area contributed by atoms with E-state index in [1.807, 2.05) is 0 Å². The van der Waals surface area contributed by atoms with Crippen LogP contribution in [0.1, 0.15) is 10.4 Å². The third-order valence-corrected chi connectivity index (χ3v) is 2.42. The van der Waals surface area contributed by atoms with E-state index in [4.69, 9.17) is 0 Å². The maximum Gasteiger partial charge on any atom is 0.337 e. The molecule has 0 saturated heterocycles. The van der Waals surface area contributed by atoms with Gasteiger partial charge in [0.05, 0.1) is 24.2 Å². The number of benzene rings is 1. The number of esters is 1. The highest BCUT2D eigenvalue weighted by atomic mass is 19.3. The highest BCUT2D eigenvalue weighted by Crippen LogP contribution is 2.25. The molecule has 0 spiro atoms. The molecule has 1 N–H and O–H groups in total. The van der Waals surface area contributed by atoms with Crippen molar-refractivity contribution < 1.29 is 28.0 Å². The second-order valence-corrected chi connectivity index (χ2v) is 3.87. The average Bonchev–Trinajstić information content (AvgIpc) is 2.45. The lowest BCUT2D eigenvalue weighted by molar-refractivity contribution is -0.384. The minimum absolute atomic E-state index is 0.0516. The van der Waals surface area contributed by atoms with E-state index in [0.717, 1.165) is 6.07 Å². The first kappa shape index (κ1) is 16.8. The van der Waals surface area contributed by atoms with Crippen molar-refractivity contribution in [3.05, 3.63) is 33.9 Å². The van der Waals surface area contributed by atoms with Gasteiger partial charge in [0, 0.05) is 12.6 Å². The molecular formula is C12H14F2N2O5. The first-order chi connectivity index (χ1) is 9.95. The number of halogens is 2. The Hall–Kier alpha value is -2.29. The Morgan fingerprint density at radius 3 is 2.76 bits per heavy atom. The Morgan fingerprint density at radius 2 is 2.19 bits per heavy atom. The molecule has 0 atom stereocenters. The number of alkyl halides is 2. The molecule has 9 heteroatoms. The Kier molecular flexibility index (Phi) is 6.47. The van der Waals surface area contributed by atoms with Crippen LogP contribution in [-0.4, -0.2) is 44.2 Å². The normalized spacial score (nSPS) is 10.5. The number of carbonyl (C=O) groups is 1. The lowest BCUT2D eigenvalue weighted by atomic mass is 10.1. The fourth-order valence-corrected chi connectivity index (χ4v) is 1.51. The van der Waals surface area contributed by atoms with Gasteiger partial charge < -0.3 is 14.8 Å². The average molecular weight is 304 g/mol. The van der Waals surface area contributed by atoms with Gasteiger partial charge in [0.15, 0.2) is 0 Å². The summed E-state index contributed by atoms with van der Waals surface area (Å²) in [6.07, 6.45) is -2.57. The third kappa shape index (κ3) is 5.30. The lowest BCUT2D eigenvalue weighted by Crippen LogP contribution is -2.14. The van der Waals surface area contributed by atoms with Crippen molar-refractivity contribution in [3.63, 3.8) is 0 Å². The largest absolute Gasteiger partial charge is 0.465 e. The van der Waals surface area contributed by atoms with E-state index in [2.05, 4.69) is 14.8 Å². The highest BCUT2D eigenvalue weighted by Gasteiger charge is 2.16. The minimum Gasteiger partial charge on any atom is -0.465 e. The molecule has 0 radical (unpaired) electrons. The predicted octanol–water partition coefficient (Wildman–Crippen LogP) is 2.08. The van der Waals surface area contributed by atoms with Gasteiger partial charge in [-0.1, -0.05) is 0 Å². The van der Waals surface area contributed by atoms with Gasteiger partial charge in [-0.15, -0.1) is 0 Å². The van der Waals surface area contributed by atoms with Gasteiger partial charge in [-0.05, 0) is 12.1 Å². The van der Waals surface area contributed by atoms with Crippen molar-refractivity contribution in [2.24, 2.45) is 0 Å². The molecule has 0 fully saturated rings. The standard InChI is InChI=1S/C12H14F2N2O5/c1-20-12(17)8-2-3-10(16(18)19)9(6-8)15-4-5-21-7-11(13)14/h2-3,6,11,15H,4-5,7H2,1H3. The van der Waals surface area contributed by atoms with E-state index in [1.165, 1.54) is 19.2 Å². The van der Waals surface area contributed by atoms with Gasteiger partial charge in [-0.25, -0.2) is 13.6 Å². The van der Waals surface area contributed by atoms with E-state index >= 15 is 0 Å². The monoisotopic (exact) mass is 304 g/mol. The molecule has 0 aliphatic carbocycles. The van der Waals surface area contributed by atoms with E-state index in [-0.39, 0.29) is 30.1 Å². The molecule has 0 aliphatic rings. The second-order valence-electron chi connectivity index (χ2n) is 3.87. The zero-order valence-electron chi connectivity index (χ0n) is 11.2. The summed E-state index contributed by atoms with van der Waals surface area (Å²) in [6, 6.07) is 3.69. The molecular weight excluding hydrogens is 290 g/mol. The molecule has 0 heterocycles. The number of anilines is 1. The summed E-state index contributed by atoms with van der Waals surface area (Å²) in [6.45, 7) is -0.673. The van der Waals surface area contributed by atoms with Crippen molar-refractivity contribution in [3.8, 4) is 0 Å². The van der Waals surface area contributed by atoms with Crippen LogP contribution in [0.3, 0.4) is 0 Å². The first-order valence-electron chi connectivity index (χ1n) is 5.92. The Balaban J connectivity index is 2.72. The van der Waals surface area contributed by atoms with Crippen LogP contribution in [0, 0.1) is 10.1 Å². The fraction of sp³-hybridized carbons (Fsp3) is 0.417. The molecule has 0 unspecified atom stereocenters. The van der Waals surface area contributed by atoms with Crippen LogP contribution < -0.4 is 5.32 Å². The van der Waals surface area contributed by atoms with Gasteiger partial charge >= 0.3 is 5.97 Å². The zero-order valence-corrected chi connectivity index (χ0v) is 11.2. The van der Waals surface area contributed by atoms with E-state index < -0.39 is 23.9 Å². The number of carbonyl (C=O) groups excluding carboxylic acids is 1. The van der Waals surface area contributed by atoms with Crippen molar-refractivity contribution in [2.75, 3.05) is 32.2 Å². The minimum atomic E-state index is -2.57. The molecule has 1 rings (SSSR count). The summed E-state index contributed by atoms with van der Waals surface area (Å²) in [5.74, 6) is -0.637. The summed E-state index contributed by atoms with van der Waals surface area (Å²) < 4.78 is 32.9. The molecule has 21 heavy (non-hydrogen) atoms. The number of nitro groups is 1. The quantitative estimate of drug-likeness (QED) is 0.342. The van der Waals surface area contributed by atoms with E-state index in [9.17, 15) is 23.7 Å². The Morgan fingerprint density at radius 1 is 1.48 bits per heavy atom. The number of ether oxygens (including phenoxy) is 2. The van der Waals surface area contributed by atoms with Crippen molar-refractivity contribution in [1.29, 1.82) is 0 Å². The first-order valence-corrected chi connectivity index (χ1v) is 5.92. The summed E-state index contributed by atoms with van der Waals surface area (Å²) >= 11 is 0. The van der Waals surface area contributed by atoms with E-state index in [1.54, 1.807) is 0 Å². The highest BCUT2D eigenvalue weighted by molar-refractivity contribution is 5.91. The SMILES string of the molecule is COC(=O)c1ccc([N+](=O)[O-])c(NCCOCC(F)F)c1. The van der Waals surface area contributed by atoms with Crippen LogP contribution in [0.25, 0.3) is 0 Å². The Labute approximate surface area is 119 Å². The zero-order chi connectivity index (χ0) is 15.8. The van der Waals surface area contributed by atoms with Crippen LogP contribution in [-0.2, 0) is 9.47 Å². The van der Waals surface area contributed by atoms with Gasteiger partial charge in [-0.2, -0.15) is 0 Å². The van der Waals surface area contributed by atoms with Crippen LogP contribution >= 0.6 is 0 Å². The molecule has 0 bridgehead atoms. The number of nitro benzene ring substituents is 1. The van der Waals surface area contributed by atoms with Crippen molar-refractivity contribution in [2.45, 2.75) is 6.43 Å². The number of nitrogens with one attached hydrogen (secondary N) is 1. The van der Waals surface area contributed by atoms with Crippen molar-refractivity contribution in [1.82, 2.24) is 0 Å². The van der Waals surface area contributed by atoms with Crippen molar-refractivity contribution >= 4 is 17.3 Å². The summed E-state index contributed by atoms with van der Waals surface area (Å²) in [5.41, 5.74) is -0.0147. The van der Waals surface area contributed by atoms with Gasteiger partial charge in [0.2, 0.25) is 0 Å². The Bertz CT molecular complexity index is 510. The number of hydrogen-bond acceptors (Lipinski definition) is 6. The van der Waals surface area contributed by atoms with Gasteiger partial charge in [0.25, 0.3) is 12.1 Å². The molecule has 1 aromatic rings. The molecule has 0 saturated carbocycles. The molecule has 0 aromatic heterocycles. The third-order valence-electron chi connectivity index (χ3n) is 2.42. The lowest BCUT2D eigenvalue weighted by Gasteiger charge is -2.09. The molecule has 0 amide bonds. The van der Waals surface area contributed by atoms with E-state index in [0.29, 0.717) is 0 Å². The number of rotatable bonds is 8. The topological polar surface area (TPSA) is 90.7 Å². The number of methoxy groups -OCH3 is 1. The maximum absolute atomic E-state index is 11.8. The molecule has 1 aromatic carbocycles. The molecule has 116 valence electrons. The second kappa shape index (κ2) is 8.10. The molecule has 7 nitrogen and oxygen atoms in total. The number of hydrogen-bond donors (Lipinski definition) is 1. The smallest absolute Gasteiger partial charge is 0.337 e. The maximum atomic E-state index is 11.8. The molecule has 0 aliphatic heterocycles. The van der Waals surface area contributed by atoms with Crippen LogP contribution in [0.2, 0.25) is 0 Å².